The van der Waals surface area contributed by atoms with Crippen molar-refractivity contribution in [2.75, 3.05) is 6.61 Å². The van der Waals surface area contributed by atoms with Crippen LogP contribution < -0.4 is 15.4 Å². The maximum Gasteiger partial charge on any atom is 0.404 e. The average Bonchev–Trinajstić information content (AvgIpc) is 2.87. The first-order valence-corrected chi connectivity index (χ1v) is 11.8. The van der Waals surface area contributed by atoms with Crippen LogP contribution in [-0.4, -0.2) is 45.9 Å². The van der Waals surface area contributed by atoms with E-state index in [4.69, 9.17) is 14.9 Å². The van der Waals surface area contributed by atoms with Crippen LogP contribution in [0.4, 0.5) is 9.18 Å². The van der Waals surface area contributed by atoms with Crippen LogP contribution in [0.1, 0.15) is 41.6 Å². The van der Waals surface area contributed by atoms with Crippen molar-refractivity contribution in [3.63, 3.8) is 0 Å². The van der Waals surface area contributed by atoms with E-state index in [1.165, 1.54) is 0 Å². The molecule has 2 amide bonds. The van der Waals surface area contributed by atoms with Gasteiger partial charge in [-0.25, -0.2) is 14.2 Å². The van der Waals surface area contributed by atoms with Crippen LogP contribution in [0.25, 0.3) is 11.1 Å². The highest BCUT2D eigenvalue weighted by Gasteiger charge is 2.25. The highest BCUT2D eigenvalue weighted by molar-refractivity contribution is 5.96. The fourth-order valence-corrected chi connectivity index (χ4v) is 4.33. The molecule has 36 heavy (non-hydrogen) atoms. The smallest absolute Gasteiger partial charge is 0.404 e. The number of carboxylic acid groups (broad SMARTS) is 1. The number of hydrogen-bond acceptors (Lipinski definition) is 5. The van der Waals surface area contributed by atoms with Crippen LogP contribution in [0.2, 0.25) is 0 Å². The Morgan fingerprint density at radius 2 is 1.67 bits per heavy atom. The monoisotopic (exact) mass is 493 g/mol. The molecule has 1 saturated carbocycles. The normalized spacial score (nSPS) is 17.3. The van der Waals surface area contributed by atoms with Gasteiger partial charge in [-0.05, 0) is 67.0 Å². The van der Waals surface area contributed by atoms with E-state index < -0.39 is 17.8 Å². The van der Waals surface area contributed by atoms with E-state index in [0.29, 0.717) is 37.9 Å². The van der Waals surface area contributed by atoms with Crippen molar-refractivity contribution >= 4 is 12.0 Å². The second-order valence-electron chi connectivity index (χ2n) is 8.78. The zero-order chi connectivity index (χ0) is 25.5. The molecule has 0 spiro atoms. The maximum absolute atomic E-state index is 14.0. The predicted molar refractivity (Wildman–Crippen MR) is 132 cm³/mol. The minimum Gasteiger partial charge on any atom is -0.465 e. The first-order valence-electron chi connectivity index (χ1n) is 11.8. The van der Waals surface area contributed by atoms with Gasteiger partial charge < -0.3 is 25.6 Å². The molecule has 4 N–H and O–H groups in total. The van der Waals surface area contributed by atoms with Crippen molar-refractivity contribution in [2.45, 2.75) is 44.2 Å². The molecule has 0 atom stereocenters. The van der Waals surface area contributed by atoms with E-state index >= 15 is 0 Å². The minimum atomic E-state index is -1.06. The number of carbonyl (C=O) groups is 2. The second-order valence-corrected chi connectivity index (χ2v) is 8.78. The van der Waals surface area contributed by atoms with Crippen LogP contribution in [0.3, 0.4) is 0 Å². The van der Waals surface area contributed by atoms with Gasteiger partial charge in [0.15, 0.2) is 0 Å². The van der Waals surface area contributed by atoms with Gasteiger partial charge in [-0.2, -0.15) is 0 Å². The zero-order valence-corrected chi connectivity index (χ0v) is 19.6. The van der Waals surface area contributed by atoms with Gasteiger partial charge in [0.1, 0.15) is 17.1 Å². The number of benzene rings is 2. The number of nitrogens with zero attached hydrogens (tertiary/aromatic N) is 1. The number of rotatable bonds is 8. The Morgan fingerprint density at radius 3 is 2.33 bits per heavy atom. The molecule has 4 rings (SSSR count). The molecule has 8 nitrogen and oxygen atoms in total. The number of aliphatic hydroxyl groups is 1. The molecule has 1 heterocycles. The fourth-order valence-electron chi connectivity index (χ4n) is 4.33. The summed E-state index contributed by atoms with van der Waals surface area (Å²) in [4.78, 5) is 27.8. The SMILES string of the molecule is O=C(O)NC1CCC(NC(=O)c2cc(F)cnc2Oc2cccc(-c3ccc(CCO)cc3)c2)CC1. The summed E-state index contributed by atoms with van der Waals surface area (Å²) in [7, 11) is 0. The number of hydrogen-bond donors (Lipinski definition) is 4. The average molecular weight is 494 g/mol. The lowest BCUT2D eigenvalue weighted by Gasteiger charge is -2.29. The standard InChI is InChI=1S/C27H28FN3O5/c28-20-15-24(25(33)30-21-8-10-22(11-9-21)31-27(34)35)26(29-16-20)36-23-3-1-2-19(14-23)18-6-4-17(5-7-18)12-13-32/h1-7,14-16,21-22,31-32H,8-13H2,(H,30,33)(H,34,35). The Hall–Kier alpha value is -3.98. The van der Waals surface area contributed by atoms with Crippen LogP contribution in [0.5, 0.6) is 11.6 Å². The first kappa shape index (κ1) is 25.1. The number of aromatic nitrogens is 1. The van der Waals surface area contributed by atoms with Crippen molar-refractivity contribution in [1.29, 1.82) is 0 Å². The quantitative estimate of drug-likeness (QED) is 0.366. The van der Waals surface area contributed by atoms with Crippen LogP contribution in [0.15, 0.2) is 60.8 Å². The summed E-state index contributed by atoms with van der Waals surface area (Å²) in [5.41, 5.74) is 2.87. The minimum absolute atomic E-state index is 0.00873. The number of pyridine rings is 1. The molecule has 0 unspecified atom stereocenters. The van der Waals surface area contributed by atoms with Crippen molar-refractivity contribution in [1.82, 2.24) is 15.6 Å². The molecule has 0 saturated heterocycles. The molecule has 0 radical (unpaired) electrons. The van der Waals surface area contributed by atoms with Gasteiger partial charge >= 0.3 is 6.09 Å². The molecule has 1 fully saturated rings. The van der Waals surface area contributed by atoms with Crippen molar-refractivity contribution in [3.05, 3.63) is 77.7 Å². The third kappa shape index (κ3) is 6.57. The Bertz CT molecular complexity index is 1210. The molecule has 1 aliphatic carbocycles. The fraction of sp³-hybridized carbons (Fsp3) is 0.296. The lowest BCUT2D eigenvalue weighted by atomic mass is 9.91. The molecular weight excluding hydrogens is 465 g/mol. The molecule has 2 aromatic carbocycles. The largest absolute Gasteiger partial charge is 0.465 e. The first-order chi connectivity index (χ1) is 17.4. The predicted octanol–water partition coefficient (Wildman–Crippen LogP) is 4.52. The summed E-state index contributed by atoms with van der Waals surface area (Å²) in [6, 6.07) is 15.9. The Labute approximate surface area is 208 Å². The number of carbonyl (C=O) groups excluding carboxylic acids is 1. The summed E-state index contributed by atoms with van der Waals surface area (Å²) in [5.74, 6) is -0.716. The zero-order valence-electron chi connectivity index (χ0n) is 19.6. The van der Waals surface area contributed by atoms with E-state index in [9.17, 15) is 14.0 Å². The van der Waals surface area contributed by atoms with Gasteiger partial charge in [-0.1, -0.05) is 36.4 Å². The summed E-state index contributed by atoms with van der Waals surface area (Å²) in [6.45, 7) is 0.0897. The van der Waals surface area contributed by atoms with Gasteiger partial charge in [0, 0.05) is 18.7 Å². The molecular formula is C27H28FN3O5. The molecule has 188 valence electrons. The Balaban J connectivity index is 1.46. The molecule has 9 heteroatoms. The summed E-state index contributed by atoms with van der Waals surface area (Å²) in [6.07, 6.45) is 2.96. The molecule has 3 aromatic rings. The highest BCUT2D eigenvalue weighted by atomic mass is 19.1. The maximum atomic E-state index is 14.0. The number of nitrogens with one attached hydrogen (secondary N) is 2. The van der Waals surface area contributed by atoms with Gasteiger partial charge in [0.05, 0.1) is 6.20 Å². The van der Waals surface area contributed by atoms with Crippen LogP contribution >= 0.6 is 0 Å². The highest BCUT2D eigenvalue weighted by Crippen LogP contribution is 2.29. The Morgan fingerprint density at radius 1 is 0.972 bits per heavy atom. The van der Waals surface area contributed by atoms with Gasteiger partial charge in [-0.15, -0.1) is 0 Å². The lowest BCUT2D eigenvalue weighted by molar-refractivity contribution is 0.0919. The van der Waals surface area contributed by atoms with Crippen molar-refractivity contribution < 1.29 is 28.9 Å². The number of halogens is 1. The van der Waals surface area contributed by atoms with Gasteiger partial charge in [0.25, 0.3) is 5.91 Å². The van der Waals surface area contributed by atoms with E-state index in [1.807, 2.05) is 42.5 Å². The van der Waals surface area contributed by atoms with E-state index in [1.54, 1.807) is 6.07 Å². The number of aliphatic hydroxyl groups excluding tert-OH is 1. The summed E-state index contributed by atoms with van der Waals surface area (Å²) in [5, 5.41) is 23.3. The third-order valence-electron chi connectivity index (χ3n) is 6.19. The van der Waals surface area contributed by atoms with Crippen LogP contribution in [-0.2, 0) is 6.42 Å². The molecule has 1 aliphatic rings. The Kier molecular flexibility index (Phi) is 8.12. The second kappa shape index (κ2) is 11.6. The number of ether oxygens (including phenoxy) is 1. The molecule has 0 bridgehead atoms. The summed E-state index contributed by atoms with van der Waals surface area (Å²) < 4.78 is 19.9. The third-order valence-corrected chi connectivity index (χ3v) is 6.19. The lowest BCUT2D eigenvalue weighted by Crippen LogP contribution is -2.43. The van der Waals surface area contributed by atoms with Crippen LogP contribution in [0, 0.1) is 5.82 Å². The van der Waals surface area contributed by atoms with Gasteiger partial charge in [0.2, 0.25) is 5.88 Å². The van der Waals surface area contributed by atoms with Gasteiger partial charge in [-0.3, -0.25) is 4.79 Å². The van der Waals surface area contributed by atoms with Crippen molar-refractivity contribution in [3.8, 4) is 22.8 Å². The molecule has 0 aliphatic heterocycles. The summed E-state index contributed by atoms with van der Waals surface area (Å²) >= 11 is 0. The van der Waals surface area contributed by atoms with E-state index in [0.717, 1.165) is 29.0 Å². The molecule has 1 aromatic heterocycles. The van der Waals surface area contributed by atoms with E-state index in [2.05, 4.69) is 15.6 Å². The van der Waals surface area contributed by atoms with Crippen molar-refractivity contribution in [2.24, 2.45) is 0 Å². The topological polar surface area (TPSA) is 121 Å². The van der Waals surface area contributed by atoms with E-state index in [-0.39, 0.29) is 30.1 Å². The number of amides is 2.